The van der Waals surface area contributed by atoms with Crippen molar-refractivity contribution in [1.82, 2.24) is 0 Å². The zero-order valence-corrected chi connectivity index (χ0v) is 12.5. The Balaban J connectivity index is 2.22. The van der Waals surface area contributed by atoms with Crippen molar-refractivity contribution >= 4 is 0 Å². The Bertz CT molecular complexity index is 236. The Morgan fingerprint density at radius 3 is 2.56 bits per heavy atom. The van der Waals surface area contributed by atoms with Gasteiger partial charge in [-0.2, -0.15) is 0 Å². The highest BCUT2D eigenvalue weighted by molar-refractivity contribution is 4.97. The third-order valence-corrected chi connectivity index (χ3v) is 4.14. The molecule has 0 spiro atoms. The molecule has 1 saturated carbocycles. The molecule has 104 valence electrons. The summed E-state index contributed by atoms with van der Waals surface area (Å²) in [7, 11) is 0. The summed E-state index contributed by atoms with van der Waals surface area (Å²) in [4.78, 5) is 0. The first kappa shape index (κ1) is 15.5. The van der Waals surface area contributed by atoms with Crippen molar-refractivity contribution in [3.05, 3.63) is 24.3 Å². The third kappa shape index (κ3) is 6.42. The van der Waals surface area contributed by atoms with Crippen LogP contribution < -0.4 is 0 Å². The van der Waals surface area contributed by atoms with Gasteiger partial charge in [-0.25, -0.2) is 0 Å². The summed E-state index contributed by atoms with van der Waals surface area (Å²) < 4.78 is 0. The van der Waals surface area contributed by atoms with Crippen molar-refractivity contribution in [2.24, 2.45) is 11.8 Å². The molecule has 0 aromatic heterocycles. The van der Waals surface area contributed by atoms with Gasteiger partial charge < -0.3 is 0 Å². The molecule has 0 aromatic carbocycles. The number of hydrogen-bond donors (Lipinski definition) is 0. The lowest BCUT2D eigenvalue weighted by atomic mass is 9.92. The monoisotopic (exact) mass is 248 g/mol. The normalized spacial score (nSPS) is 24.6. The first-order valence-corrected chi connectivity index (χ1v) is 8.20. The van der Waals surface area contributed by atoms with Crippen LogP contribution in [0, 0.1) is 11.8 Å². The van der Waals surface area contributed by atoms with Crippen molar-refractivity contribution in [3.8, 4) is 0 Å². The molecule has 0 nitrogen and oxygen atoms in total. The lowest BCUT2D eigenvalue weighted by molar-refractivity contribution is 0.463. The molecule has 0 aliphatic heterocycles. The van der Waals surface area contributed by atoms with Crippen LogP contribution in [-0.2, 0) is 0 Å². The minimum atomic E-state index is 0.873. The molecular formula is C18H32. The van der Waals surface area contributed by atoms with Crippen LogP contribution in [0.15, 0.2) is 24.3 Å². The van der Waals surface area contributed by atoms with Crippen LogP contribution in [0.4, 0.5) is 0 Å². The highest BCUT2D eigenvalue weighted by Gasteiger charge is 2.23. The van der Waals surface area contributed by atoms with Crippen LogP contribution in [0.3, 0.4) is 0 Å². The minimum absolute atomic E-state index is 0.873. The number of allylic oxidation sites excluding steroid dienone is 4. The summed E-state index contributed by atoms with van der Waals surface area (Å²) in [5.74, 6) is 1.80. The fraction of sp³-hybridized carbons (Fsp3) is 0.778. The molecular weight excluding hydrogens is 216 g/mol. The molecule has 0 heterocycles. The minimum Gasteiger partial charge on any atom is -0.0885 e. The molecule has 0 unspecified atom stereocenters. The highest BCUT2D eigenvalue weighted by atomic mass is 14.3. The number of rotatable bonds is 9. The lowest BCUT2D eigenvalue weighted by Gasteiger charge is -2.13. The Labute approximate surface area is 115 Å². The molecule has 0 aromatic rings. The van der Waals surface area contributed by atoms with Crippen LogP contribution in [0.2, 0.25) is 0 Å². The average molecular weight is 248 g/mol. The van der Waals surface area contributed by atoms with Crippen molar-refractivity contribution in [3.63, 3.8) is 0 Å². The summed E-state index contributed by atoms with van der Waals surface area (Å²) in [5.41, 5.74) is 0. The molecule has 18 heavy (non-hydrogen) atoms. The standard InChI is InChI=1S/C18H32/c1-3-5-7-9-11-14-18-16-12-15-17(18)13-10-8-6-4-2/h8,10-11,14,17-18H,3-7,9,12-13,15-16H2,1-2H3/t17-,18-/m0/s1. The zero-order valence-electron chi connectivity index (χ0n) is 12.5. The van der Waals surface area contributed by atoms with E-state index in [9.17, 15) is 0 Å². The largest absolute Gasteiger partial charge is 0.0885 e. The summed E-state index contributed by atoms with van der Waals surface area (Å²) in [5, 5.41) is 0. The Morgan fingerprint density at radius 2 is 1.78 bits per heavy atom. The van der Waals surface area contributed by atoms with Crippen molar-refractivity contribution in [1.29, 1.82) is 0 Å². The van der Waals surface area contributed by atoms with Gasteiger partial charge in [0.05, 0.1) is 0 Å². The predicted molar refractivity (Wildman–Crippen MR) is 82.8 cm³/mol. The van der Waals surface area contributed by atoms with Gasteiger partial charge >= 0.3 is 0 Å². The van der Waals surface area contributed by atoms with Gasteiger partial charge in [0, 0.05) is 0 Å². The molecule has 0 heteroatoms. The maximum absolute atomic E-state index is 2.53. The Hall–Kier alpha value is -0.520. The van der Waals surface area contributed by atoms with E-state index in [2.05, 4.69) is 38.2 Å². The number of unbranched alkanes of at least 4 members (excludes halogenated alkanes) is 4. The van der Waals surface area contributed by atoms with Crippen molar-refractivity contribution < 1.29 is 0 Å². The van der Waals surface area contributed by atoms with Gasteiger partial charge in [0.25, 0.3) is 0 Å². The first-order valence-electron chi connectivity index (χ1n) is 8.20. The van der Waals surface area contributed by atoms with E-state index in [1.807, 2.05) is 0 Å². The molecule has 0 amide bonds. The maximum atomic E-state index is 2.53. The van der Waals surface area contributed by atoms with Gasteiger partial charge in [-0.1, -0.05) is 63.8 Å². The van der Waals surface area contributed by atoms with Gasteiger partial charge in [-0.05, 0) is 50.4 Å². The van der Waals surface area contributed by atoms with Crippen LogP contribution in [0.5, 0.6) is 0 Å². The molecule has 0 N–H and O–H groups in total. The van der Waals surface area contributed by atoms with Gasteiger partial charge in [0.15, 0.2) is 0 Å². The van der Waals surface area contributed by atoms with Gasteiger partial charge in [-0.15, -0.1) is 0 Å². The second-order valence-corrected chi connectivity index (χ2v) is 5.77. The van der Waals surface area contributed by atoms with Crippen LogP contribution in [0.25, 0.3) is 0 Å². The maximum Gasteiger partial charge on any atom is -0.0202 e. The fourth-order valence-electron chi connectivity index (χ4n) is 2.95. The van der Waals surface area contributed by atoms with E-state index in [1.165, 1.54) is 64.2 Å². The fourth-order valence-corrected chi connectivity index (χ4v) is 2.95. The van der Waals surface area contributed by atoms with Gasteiger partial charge in [0.2, 0.25) is 0 Å². The Kier molecular flexibility index (Phi) is 8.98. The molecule has 1 aliphatic carbocycles. The van der Waals surface area contributed by atoms with Crippen LogP contribution in [-0.4, -0.2) is 0 Å². The third-order valence-electron chi connectivity index (χ3n) is 4.14. The van der Waals surface area contributed by atoms with E-state index in [0.29, 0.717) is 0 Å². The summed E-state index contributed by atoms with van der Waals surface area (Å²) in [6, 6.07) is 0. The predicted octanol–water partition coefficient (Wildman–Crippen LogP) is 6.29. The molecule has 1 aliphatic rings. The van der Waals surface area contributed by atoms with Crippen LogP contribution in [0.1, 0.15) is 78.1 Å². The second kappa shape index (κ2) is 10.4. The van der Waals surface area contributed by atoms with E-state index >= 15 is 0 Å². The SMILES string of the molecule is CCCC=CC[C@H]1CCC[C@@H]1C=CCCCCC. The molecule has 0 bridgehead atoms. The topological polar surface area (TPSA) is 0 Å². The molecule has 1 rings (SSSR count). The van der Waals surface area contributed by atoms with Crippen molar-refractivity contribution in [2.75, 3.05) is 0 Å². The quantitative estimate of drug-likeness (QED) is 0.332. The van der Waals surface area contributed by atoms with E-state index in [-0.39, 0.29) is 0 Å². The lowest BCUT2D eigenvalue weighted by Crippen LogP contribution is -2.03. The van der Waals surface area contributed by atoms with E-state index < -0.39 is 0 Å². The summed E-state index contributed by atoms with van der Waals surface area (Å²) in [6.07, 6.45) is 23.3. The Morgan fingerprint density at radius 1 is 0.889 bits per heavy atom. The second-order valence-electron chi connectivity index (χ2n) is 5.77. The van der Waals surface area contributed by atoms with Gasteiger partial charge in [-0.3, -0.25) is 0 Å². The zero-order chi connectivity index (χ0) is 13.1. The van der Waals surface area contributed by atoms with E-state index in [1.54, 1.807) is 0 Å². The molecule has 0 radical (unpaired) electrons. The van der Waals surface area contributed by atoms with E-state index in [4.69, 9.17) is 0 Å². The number of hydrogen-bond acceptors (Lipinski definition) is 0. The smallest absolute Gasteiger partial charge is 0.0202 e. The highest BCUT2D eigenvalue weighted by Crippen LogP contribution is 2.35. The van der Waals surface area contributed by atoms with Gasteiger partial charge in [0.1, 0.15) is 0 Å². The van der Waals surface area contributed by atoms with Crippen molar-refractivity contribution in [2.45, 2.75) is 78.1 Å². The summed E-state index contributed by atoms with van der Waals surface area (Å²) in [6.45, 7) is 4.53. The van der Waals surface area contributed by atoms with Crippen LogP contribution >= 0.6 is 0 Å². The summed E-state index contributed by atoms with van der Waals surface area (Å²) >= 11 is 0. The molecule has 1 fully saturated rings. The average Bonchev–Trinajstić information content (AvgIpc) is 2.82. The molecule has 0 saturated heterocycles. The first-order chi connectivity index (χ1) is 8.88. The molecule has 2 atom stereocenters. The van der Waals surface area contributed by atoms with E-state index in [0.717, 1.165) is 11.8 Å².